The van der Waals surface area contributed by atoms with E-state index in [2.05, 4.69) is 40.3 Å². The number of fused-ring (bicyclic) bond motifs is 1. The van der Waals surface area contributed by atoms with Crippen LogP contribution in [-0.4, -0.2) is 20.4 Å². The minimum Gasteiger partial charge on any atom is -0.339 e. The summed E-state index contributed by atoms with van der Waals surface area (Å²) in [6.07, 6.45) is 11.1. The maximum atomic E-state index is 11.7. The first-order valence-electron chi connectivity index (χ1n) is 8.80. The number of pyridine rings is 1. The minimum absolute atomic E-state index is 0.634. The Kier molecular flexibility index (Phi) is 4.53. The van der Waals surface area contributed by atoms with Gasteiger partial charge in [-0.15, -0.1) is 0 Å². The van der Waals surface area contributed by atoms with Crippen molar-refractivity contribution in [3.05, 3.63) is 66.0 Å². The summed E-state index contributed by atoms with van der Waals surface area (Å²) < 4.78 is 11.7. The lowest BCUT2D eigenvalue weighted by molar-refractivity contribution is 0.686. The molecule has 2 aromatic heterocycles. The molecule has 0 aliphatic heterocycles. The van der Waals surface area contributed by atoms with Crippen molar-refractivity contribution in [2.24, 2.45) is 5.92 Å². The van der Waals surface area contributed by atoms with Crippen LogP contribution in [0, 0.1) is 5.92 Å². The maximum absolute atomic E-state index is 11.7. The van der Waals surface area contributed by atoms with Crippen LogP contribution in [0.4, 0.5) is 0 Å². The molecule has 1 aromatic carbocycles. The number of H-pyrrole nitrogens is 1. The molecule has 2 heterocycles. The average Bonchev–Trinajstić information content (AvgIpc) is 3.29. The van der Waals surface area contributed by atoms with E-state index in [1.165, 1.54) is 31.3 Å². The first-order chi connectivity index (χ1) is 12.2. The summed E-state index contributed by atoms with van der Waals surface area (Å²) in [5.41, 5.74) is 4.40. The number of nitrogens with one attached hydrogen (secondary N) is 1. The van der Waals surface area contributed by atoms with E-state index in [1.807, 2.05) is 24.4 Å². The van der Waals surface area contributed by atoms with Crippen LogP contribution in [-0.2, 0) is 10.8 Å². The van der Waals surface area contributed by atoms with Crippen molar-refractivity contribution in [1.29, 1.82) is 0 Å². The third-order valence-electron chi connectivity index (χ3n) is 4.98. The van der Waals surface area contributed by atoms with Gasteiger partial charge in [-0.1, -0.05) is 31.1 Å². The molecule has 0 amide bonds. The molecule has 0 radical (unpaired) electrons. The molecule has 3 nitrogen and oxygen atoms in total. The second-order valence-electron chi connectivity index (χ2n) is 6.73. The molecule has 0 spiro atoms. The van der Waals surface area contributed by atoms with Gasteiger partial charge in [0.15, 0.2) is 0 Å². The molecule has 4 rings (SSSR count). The summed E-state index contributed by atoms with van der Waals surface area (Å²) in [5, 5.41) is 1.13. The summed E-state index contributed by atoms with van der Waals surface area (Å²) in [4.78, 5) is 8.75. The molecule has 1 saturated carbocycles. The molecule has 1 aliphatic carbocycles. The van der Waals surface area contributed by atoms with Crippen molar-refractivity contribution < 1.29 is 4.21 Å². The lowest BCUT2D eigenvalue weighted by Crippen LogP contribution is -1.95. The van der Waals surface area contributed by atoms with E-state index in [0.717, 1.165) is 27.2 Å². The normalized spacial score (nSPS) is 17.2. The monoisotopic (exact) mass is 350 g/mol. The zero-order chi connectivity index (χ0) is 17.2. The topological polar surface area (TPSA) is 45.8 Å². The summed E-state index contributed by atoms with van der Waals surface area (Å²) in [6, 6.07) is 14.3. The van der Waals surface area contributed by atoms with Crippen molar-refractivity contribution >= 4 is 27.4 Å². The van der Waals surface area contributed by atoms with Crippen LogP contribution in [0.15, 0.2) is 59.6 Å². The number of hydrogen-bond donors (Lipinski definition) is 1. The Morgan fingerprint density at radius 3 is 2.64 bits per heavy atom. The number of hydrogen-bond acceptors (Lipinski definition) is 2. The van der Waals surface area contributed by atoms with E-state index in [1.54, 1.807) is 6.26 Å². The number of benzene rings is 1. The molecular weight excluding hydrogens is 328 g/mol. The fraction of sp³-hybridized carbons (Fsp3) is 0.286. The zero-order valence-corrected chi connectivity index (χ0v) is 15.2. The number of allylic oxidation sites excluding steroid dienone is 1. The van der Waals surface area contributed by atoms with E-state index in [-0.39, 0.29) is 0 Å². The summed E-state index contributed by atoms with van der Waals surface area (Å²) in [7, 11) is -0.949. The maximum Gasteiger partial charge on any atom is 0.137 e. The molecule has 3 aromatic rings. The number of nitrogens with zero attached hydrogens (tertiary/aromatic N) is 1. The molecule has 25 heavy (non-hydrogen) atoms. The van der Waals surface area contributed by atoms with E-state index in [9.17, 15) is 4.21 Å². The first kappa shape index (κ1) is 16.3. The highest BCUT2D eigenvalue weighted by molar-refractivity contribution is 7.84. The van der Waals surface area contributed by atoms with Crippen molar-refractivity contribution in [3.63, 3.8) is 0 Å². The molecule has 4 heteroatoms. The number of aromatic nitrogens is 2. The predicted molar refractivity (Wildman–Crippen MR) is 104 cm³/mol. The Labute approximate surface area is 150 Å². The predicted octanol–water partition coefficient (Wildman–Crippen LogP) is 4.92. The Balaban J connectivity index is 1.79. The molecule has 128 valence electrons. The third kappa shape index (κ3) is 3.45. The molecule has 1 atom stereocenters. The molecule has 0 bridgehead atoms. The van der Waals surface area contributed by atoms with Gasteiger partial charge in [0.1, 0.15) is 5.65 Å². The second-order valence-corrected chi connectivity index (χ2v) is 8.11. The van der Waals surface area contributed by atoms with Crippen LogP contribution in [0.1, 0.15) is 36.9 Å². The van der Waals surface area contributed by atoms with Gasteiger partial charge in [0.2, 0.25) is 0 Å². The zero-order valence-electron chi connectivity index (χ0n) is 14.4. The second kappa shape index (κ2) is 6.96. The van der Waals surface area contributed by atoms with Crippen molar-refractivity contribution in [2.45, 2.75) is 30.6 Å². The quantitative estimate of drug-likeness (QED) is 0.726. The largest absolute Gasteiger partial charge is 0.339 e. The Morgan fingerprint density at radius 2 is 1.96 bits per heavy atom. The lowest BCUT2D eigenvalue weighted by Gasteiger charge is -2.11. The molecule has 1 aliphatic rings. The van der Waals surface area contributed by atoms with Gasteiger partial charge in [-0.05, 0) is 54.7 Å². The Hall–Kier alpha value is -2.20. The van der Waals surface area contributed by atoms with Gasteiger partial charge in [0, 0.05) is 44.8 Å². The lowest BCUT2D eigenvalue weighted by atomic mass is 9.96. The molecule has 1 unspecified atom stereocenters. The van der Waals surface area contributed by atoms with E-state index >= 15 is 0 Å². The van der Waals surface area contributed by atoms with E-state index < -0.39 is 10.8 Å². The van der Waals surface area contributed by atoms with Gasteiger partial charge in [-0.25, -0.2) is 4.98 Å². The third-order valence-corrected chi connectivity index (χ3v) is 5.92. The highest BCUT2D eigenvalue weighted by Crippen LogP contribution is 2.33. The van der Waals surface area contributed by atoms with Gasteiger partial charge < -0.3 is 4.98 Å². The van der Waals surface area contributed by atoms with Crippen molar-refractivity contribution in [3.8, 4) is 0 Å². The Morgan fingerprint density at radius 1 is 1.20 bits per heavy atom. The number of aromatic amines is 1. The van der Waals surface area contributed by atoms with Crippen molar-refractivity contribution in [1.82, 2.24) is 9.97 Å². The van der Waals surface area contributed by atoms with Gasteiger partial charge >= 0.3 is 0 Å². The van der Waals surface area contributed by atoms with E-state index in [0.29, 0.717) is 5.92 Å². The smallest absolute Gasteiger partial charge is 0.137 e. The highest BCUT2D eigenvalue weighted by atomic mass is 32.2. The summed E-state index contributed by atoms with van der Waals surface area (Å²) >= 11 is 0. The van der Waals surface area contributed by atoms with Crippen LogP contribution >= 0.6 is 0 Å². The van der Waals surface area contributed by atoms with Crippen LogP contribution in [0.5, 0.6) is 0 Å². The van der Waals surface area contributed by atoms with Gasteiger partial charge in [-0.3, -0.25) is 4.21 Å². The average molecular weight is 350 g/mol. The molecule has 0 saturated heterocycles. The summed E-state index contributed by atoms with van der Waals surface area (Å²) in [6.45, 7) is 0. The first-order valence-corrected chi connectivity index (χ1v) is 10.4. The van der Waals surface area contributed by atoms with Crippen LogP contribution < -0.4 is 0 Å². The van der Waals surface area contributed by atoms with Gasteiger partial charge in [0.25, 0.3) is 0 Å². The molecular formula is C21H22N2OS. The Bertz CT molecular complexity index is 901. The fourth-order valence-corrected chi connectivity index (χ4v) is 4.15. The standard InChI is InChI=1S/C21H22N2OS/c1-25(24)18-10-8-16(9-11-18)19(13-15-5-2-3-6-15)20-14-17-7-4-12-22-21(17)23-20/h4,7-15H,2-3,5-6H2,1H3,(H,22,23)/b19-13+. The van der Waals surface area contributed by atoms with Crippen LogP contribution in [0.2, 0.25) is 0 Å². The summed E-state index contributed by atoms with van der Waals surface area (Å²) in [5.74, 6) is 0.634. The van der Waals surface area contributed by atoms with Crippen molar-refractivity contribution in [2.75, 3.05) is 6.26 Å². The SMILES string of the molecule is CS(=O)c1ccc(/C(=C\C2CCCC2)c2cc3cccnc3[nH]2)cc1. The van der Waals surface area contributed by atoms with Crippen LogP contribution in [0.25, 0.3) is 16.6 Å². The van der Waals surface area contributed by atoms with Gasteiger partial charge in [0.05, 0.1) is 0 Å². The molecule has 1 N–H and O–H groups in total. The van der Waals surface area contributed by atoms with Crippen LogP contribution in [0.3, 0.4) is 0 Å². The van der Waals surface area contributed by atoms with E-state index in [4.69, 9.17) is 0 Å². The minimum atomic E-state index is -0.949. The highest BCUT2D eigenvalue weighted by Gasteiger charge is 2.16. The molecule has 1 fully saturated rings. The van der Waals surface area contributed by atoms with Gasteiger partial charge in [-0.2, -0.15) is 0 Å². The fourth-order valence-electron chi connectivity index (χ4n) is 3.63. The number of rotatable bonds is 4.